The summed E-state index contributed by atoms with van der Waals surface area (Å²) >= 11 is 0. The van der Waals surface area contributed by atoms with Gasteiger partial charge < -0.3 is 9.84 Å². The highest BCUT2D eigenvalue weighted by molar-refractivity contribution is 5.24. The topological polar surface area (TPSA) is 29.5 Å². The second kappa shape index (κ2) is 4.19. The lowest BCUT2D eigenvalue weighted by Gasteiger charge is -2.23. The Balaban J connectivity index is 2.08. The molecule has 1 heterocycles. The lowest BCUT2D eigenvalue weighted by molar-refractivity contribution is -0.0720. The molecule has 1 fully saturated rings. The van der Waals surface area contributed by atoms with E-state index in [-0.39, 0.29) is 11.7 Å². The highest BCUT2D eigenvalue weighted by Gasteiger charge is 2.36. The standard InChI is InChI=1S/C14H20O2/c1-10-4-6-11(7-5-10)13(15)12-8-9-14(2,3)16-12/h4-7,12-13,15H,8-9H2,1-3H3. The van der Waals surface area contributed by atoms with Crippen LogP contribution in [0, 0.1) is 6.92 Å². The average molecular weight is 220 g/mol. The molecule has 1 N–H and O–H groups in total. The van der Waals surface area contributed by atoms with Gasteiger partial charge in [0.25, 0.3) is 0 Å². The van der Waals surface area contributed by atoms with E-state index in [1.165, 1.54) is 5.56 Å². The van der Waals surface area contributed by atoms with Crippen LogP contribution in [0.3, 0.4) is 0 Å². The van der Waals surface area contributed by atoms with Crippen molar-refractivity contribution >= 4 is 0 Å². The number of aliphatic hydroxyl groups excluding tert-OH is 1. The van der Waals surface area contributed by atoms with Crippen LogP contribution < -0.4 is 0 Å². The van der Waals surface area contributed by atoms with E-state index in [1.54, 1.807) is 0 Å². The summed E-state index contributed by atoms with van der Waals surface area (Å²) in [5, 5.41) is 10.2. The van der Waals surface area contributed by atoms with Crippen LogP contribution in [-0.4, -0.2) is 16.8 Å². The monoisotopic (exact) mass is 220 g/mol. The molecule has 0 spiro atoms. The SMILES string of the molecule is Cc1ccc(C(O)C2CCC(C)(C)O2)cc1. The predicted molar refractivity (Wildman–Crippen MR) is 64.3 cm³/mol. The summed E-state index contributed by atoms with van der Waals surface area (Å²) in [7, 11) is 0. The van der Waals surface area contributed by atoms with Gasteiger partial charge in [-0.2, -0.15) is 0 Å². The van der Waals surface area contributed by atoms with Crippen LogP contribution in [0.25, 0.3) is 0 Å². The largest absolute Gasteiger partial charge is 0.386 e. The fourth-order valence-electron chi connectivity index (χ4n) is 2.22. The Labute approximate surface area is 97.3 Å². The highest BCUT2D eigenvalue weighted by atomic mass is 16.5. The van der Waals surface area contributed by atoms with Crippen LogP contribution >= 0.6 is 0 Å². The van der Waals surface area contributed by atoms with Gasteiger partial charge in [-0.05, 0) is 39.2 Å². The molecule has 0 amide bonds. The molecule has 0 radical (unpaired) electrons. The molecular weight excluding hydrogens is 200 g/mol. The zero-order valence-electron chi connectivity index (χ0n) is 10.2. The van der Waals surface area contributed by atoms with Crippen LogP contribution in [0.2, 0.25) is 0 Å². The van der Waals surface area contributed by atoms with Crippen molar-refractivity contribution in [1.29, 1.82) is 0 Å². The third-order valence-corrected chi connectivity index (χ3v) is 3.27. The predicted octanol–water partition coefficient (Wildman–Crippen LogP) is 2.99. The molecule has 0 aliphatic carbocycles. The maximum Gasteiger partial charge on any atom is 0.105 e. The zero-order valence-corrected chi connectivity index (χ0v) is 10.2. The first-order valence-corrected chi connectivity index (χ1v) is 5.90. The van der Waals surface area contributed by atoms with E-state index in [2.05, 4.69) is 13.8 Å². The van der Waals surface area contributed by atoms with Crippen molar-refractivity contribution in [3.8, 4) is 0 Å². The second-order valence-electron chi connectivity index (χ2n) is 5.31. The van der Waals surface area contributed by atoms with Gasteiger partial charge in [0.1, 0.15) is 6.10 Å². The Morgan fingerprint density at radius 3 is 2.44 bits per heavy atom. The van der Waals surface area contributed by atoms with Crippen molar-refractivity contribution in [3.05, 3.63) is 35.4 Å². The Morgan fingerprint density at radius 1 is 1.31 bits per heavy atom. The van der Waals surface area contributed by atoms with E-state index < -0.39 is 6.10 Å². The molecule has 2 atom stereocenters. The van der Waals surface area contributed by atoms with Gasteiger partial charge in [-0.3, -0.25) is 0 Å². The van der Waals surface area contributed by atoms with Gasteiger partial charge in [0, 0.05) is 0 Å². The quantitative estimate of drug-likeness (QED) is 0.830. The van der Waals surface area contributed by atoms with Crippen LogP contribution in [0.1, 0.15) is 43.9 Å². The molecule has 0 saturated carbocycles. The number of hydrogen-bond acceptors (Lipinski definition) is 2. The second-order valence-corrected chi connectivity index (χ2v) is 5.31. The molecule has 2 rings (SSSR count). The molecule has 88 valence electrons. The first kappa shape index (κ1) is 11.6. The van der Waals surface area contributed by atoms with Gasteiger partial charge in [0.15, 0.2) is 0 Å². The van der Waals surface area contributed by atoms with Crippen molar-refractivity contribution in [2.24, 2.45) is 0 Å². The molecule has 1 saturated heterocycles. The lowest BCUT2D eigenvalue weighted by atomic mass is 9.99. The van der Waals surface area contributed by atoms with Crippen LogP contribution in [0.5, 0.6) is 0 Å². The average Bonchev–Trinajstić information content (AvgIpc) is 2.59. The van der Waals surface area contributed by atoms with Crippen LogP contribution in [0.4, 0.5) is 0 Å². The Kier molecular flexibility index (Phi) is 3.04. The Morgan fingerprint density at radius 2 is 1.94 bits per heavy atom. The van der Waals surface area contributed by atoms with Gasteiger partial charge >= 0.3 is 0 Å². The summed E-state index contributed by atoms with van der Waals surface area (Å²) in [6.45, 7) is 6.20. The van der Waals surface area contributed by atoms with E-state index in [0.717, 1.165) is 18.4 Å². The van der Waals surface area contributed by atoms with Gasteiger partial charge in [0.05, 0.1) is 11.7 Å². The number of hydrogen-bond donors (Lipinski definition) is 1. The number of aryl methyl sites for hydroxylation is 1. The third kappa shape index (κ3) is 2.45. The first-order chi connectivity index (χ1) is 7.48. The van der Waals surface area contributed by atoms with Crippen molar-refractivity contribution in [2.45, 2.75) is 51.4 Å². The van der Waals surface area contributed by atoms with Gasteiger partial charge in [-0.1, -0.05) is 29.8 Å². The number of aliphatic hydroxyl groups is 1. The molecule has 1 aromatic carbocycles. The van der Waals surface area contributed by atoms with Crippen molar-refractivity contribution in [3.63, 3.8) is 0 Å². The molecule has 2 heteroatoms. The molecular formula is C14H20O2. The van der Waals surface area contributed by atoms with Crippen molar-refractivity contribution in [2.75, 3.05) is 0 Å². The summed E-state index contributed by atoms with van der Waals surface area (Å²) in [4.78, 5) is 0. The third-order valence-electron chi connectivity index (χ3n) is 3.27. The molecule has 0 aromatic heterocycles. The van der Waals surface area contributed by atoms with Gasteiger partial charge in [-0.25, -0.2) is 0 Å². The molecule has 0 bridgehead atoms. The van der Waals surface area contributed by atoms with Gasteiger partial charge in [-0.15, -0.1) is 0 Å². The minimum atomic E-state index is -0.498. The molecule has 2 nitrogen and oxygen atoms in total. The molecule has 2 unspecified atom stereocenters. The maximum absolute atomic E-state index is 10.2. The number of benzene rings is 1. The summed E-state index contributed by atoms with van der Waals surface area (Å²) in [5.41, 5.74) is 2.08. The summed E-state index contributed by atoms with van der Waals surface area (Å²) in [6.07, 6.45) is 1.39. The smallest absolute Gasteiger partial charge is 0.105 e. The fourth-order valence-corrected chi connectivity index (χ4v) is 2.22. The number of rotatable bonds is 2. The molecule has 1 aliphatic heterocycles. The van der Waals surface area contributed by atoms with Crippen molar-refractivity contribution in [1.82, 2.24) is 0 Å². The highest BCUT2D eigenvalue weighted by Crippen LogP contribution is 2.35. The normalized spacial score (nSPS) is 25.6. The molecule has 16 heavy (non-hydrogen) atoms. The van der Waals surface area contributed by atoms with E-state index in [4.69, 9.17) is 4.74 Å². The molecule has 1 aliphatic rings. The molecule has 1 aromatic rings. The van der Waals surface area contributed by atoms with E-state index >= 15 is 0 Å². The lowest BCUT2D eigenvalue weighted by Crippen LogP contribution is -2.24. The van der Waals surface area contributed by atoms with Gasteiger partial charge in [0.2, 0.25) is 0 Å². The van der Waals surface area contributed by atoms with E-state index in [1.807, 2.05) is 31.2 Å². The fraction of sp³-hybridized carbons (Fsp3) is 0.571. The van der Waals surface area contributed by atoms with E-state index in [9.17, 15) is 5.11 Å². The first-order valence-electron chi connectivity index (χ1n) is 5.90. The van der Waals surface area contributed by atoms with Crippen LogP contribution in [0.15, 0.2) is 24.3 Å². The minimum absolute atomic E-state index is 0.0577. The minimum Gasteiger partial charge on any atom is -0.386 e. The van der Waals surface area contributed by atoms with E-state index in [0.29, 0.717) is 0 Å². The Hall–Kier alpha value is -0.860. The summed E-state index contributed by atoms with van der Waals surface area (Å²) in [5.74, 6) is 0. The van der Waals surface area contributed by atoms with Crippen molar-refractivity contribution < 1.29 is 9.84 Å². The van der Waals surface area contributed by atoms with Crippen LogP contribution in [-0.2, 0) is 4.74 Å². The maximum atomic E-state index is 10.2. The zero-order chi connectivity index (χ0) is 11.8. The Bertz CT molecular complexity index is 354. The summed E-state index contributed by atoms with van der Waals surface area (Å²) < 4.78 is 5.85. The number of ether oxygens (including phenoxy) is 1. The summed E-state index contributed by atoms with van der Waals surface area (Å²) in [6, 6.07) is 8.01.